The lowest BCUT2D eigenvalue weighted by molar-refractivity contribution is -0.111. The number of carbonyl (C=O) groups is 1. The predicted molar refractivity (Wildman–Crippen MR) is 109 cm³/mol. The Hall–Kier alpha value is -2.99. The molecule has 4 rings (SSSR count). The van der Waals surface area contributed by atoms with Crippen LogP contribution in [0, 0.1) is 5.92 Å². The smallest absolute Gasteiger partial charge is 0.140 e. The number of aliphatic hydroxyl groups is 1. The molecule has 27 heavy (non-hydrogen) atoms. The van der Waals surface area contributed by atoms with Crippen LogP contribution in [0.25, 0.3) is 22.0 Å². The fraction of sp³-hybridized carbons (Fsp3) is 0.286. The minimum absolute atomic E-state index is 0.0679. The summed E-state index contributed by atoms with van der Waals surface area (Å²) in [6.45, 7) is 1.61. The van der Waals surface area contributed by atoms with Gasteiger partial charge in [0.25, 0.3) is 0 Å². The number of anilines is 2. The number of benzene rings is 2. The first-order valence-electron chi connectivity index (χ1n) is 9.01. The normalized spacial score (nSPS) is 16.5. The van der Waals surface area contributed by atoms with Crippen LogP contribution in [0.5, 0.6) is 0 Å². The average molecular weight is 364 g/mol. The number of hydrogen-bond donors (Lipinski definition) is 2. The molecule has 6 nitrogen and oxygen atoms in total. The molecule has 3 N–H and O–H groups in total. The Balaban J connectivity index is 0.00000102. The summed E-state index contributed by atoms with van der Waals surface area (Å²) in [7, 11) is 1.00. The number of piperidine rings is 1. The number of nitrogens with two attached hydrogens (primary N) is 1. The Labute approximate surface area is 158 Å². The molecule has 2 heterocycles. The van der Waals surface area contributed by atoms with Gasteiger partial charge in [-0.15, -0.1) is 0 Å². The summed E-state index contributed by atoms with van der Waals surface area (Å²) >= 11 is 0. The minimum Gasteiger partial charge on any atom is -0.400 e. The summed E-state index contributed by atoms with van der Waals surface area (Å²) in [5.74, 6) is 0.966. The molecule has 1 aliphatic heterocycles. The molecule has 3 aromatic rings. The van der Waals surface area contributed by atoms with Gasteiger partial charge in [-0.3, -0.25) is 0 Å². The van der Waals surface area contributed by atoms with Gasteiger partial charge in [-0.1, -0.05) is 24.3 Å². The third-order valence-electron chi connectivity index (χ3n) is 4.79. The third kappa shape index (κ3) is 3.90. The van der Waals surface area contributed by atoms with E-state index < -0.39 is 0 Å². The van der Waals surface area contributed by atoms with Crippen molar-refractivity contribution in [1.82, 2.24) is 9.97 Å². The van der Waals surface area contributed by atoms with Gasteiger partial charge in [0.15, 0.2) is 0 Å². The van der Waals surface area contributed by atoms with Crippen molar-refractivity contribution in [2.24, 2.45) is 5.92 Å². The molecule has 1 atom stereocenters. The number of rotatable bonds is 3. The highest BCUT2D eigenvalue weighted by Crippen LogP contribution is 2.35. The fourth-order valence-corrected chi connectivity index (χ4v) is 3.59. The number of hydrogen-bond acceptors (Lipinski definition) is 6. The second kappa shape index (κ2) is 8.60. The van der Waals surface area contributed by atoms with Crippen LogP contribution in [0.2, 0.25) is 0 Å². The maximum absolute atomic E-state index is 11.3. The van der Waals surface area contributed by atoms with Gasteiger partial charge in [-0.25, -0.2) is 9.97 Å². The lowest BCUT2D eigenvalue weighted by Gasteiger charge is -2.32. The van der Waals surface area contributed by atoms with Crippen LogP contribution < -0.4 is 10.6 Å². The van der Waals surface area contributed by atoms with E-state index >= 15 is 0 Å². The lowest BCUT2D eigenvalue weighted by atomic mass is 9.97. The average Bonchev–Trinajstić information content (AvgIpc) is 2.74. The number of fused-ring (bicyclic) bond motifs is 1. The molecule has 1 saturated heterocycles. The highest BCUT2D eigenvalue weighted by Gasteiger charge is 2.23. The van der Waals surface area contributed by atoms with E-state index in [-0.39, 0.29) is 5.92 Å². The van der Waals surface area contributed by atoms with Crippen molar-refractivity contribution >= 4 is 28.7 Å². The van der Waals surface area contributed by atoms with E-state index in [9.17, 15) is 4.79 Å². The monoisotopic (exact) mass is 364 g/mol. The van der Waals surface area contributed by atoms with Crippen molar-refractivity contribution in [1.29, 1.82) is 0 Å². The molecular weight excluding hydrogens is 340 g/mol. The van der Waals surface area contributed by atoms with Crippen molar-refractivity contribution in [3.63, 3.8) is 0 Å². The number of nitrogen functional groups attached to an aromatic ring is 1. The van der Waals surface area contributed by atoms with Crippen LogP contribution in [0.1, 0.15) is 12.8 Å². The maximum atomic E-state index is 11.3. The topological polar surface area (TPSA) is 92.3 Å². The first-order valence-corrected chi connectivity index (χ1v) is 9.01. The number of aromatic nitrogens is 2. The molecule has 0 aliphatic carbocycles. The summed E-state index contributed by atoms with van der Waals surface area (Å²) in [4.78, 5) is 22.5. The van der Waals surface area contributed by atoms with Gasteiger partial charge in [-0.2, -0.15) is 0 Å². The van der Waals surface area contributed by atoms with E-state index in [1.54, 1.807) is 6.33 Å². The Morgan fingerprint density at radius 1 is 1.19 bits per heavy atom. The molecule has 0 bridgehead atoms. The molecule has 140 valence electrons. The second-order valence-corrected chi connectivity index (χ2v) is 6.51. The molecule has 0 saturated carbocycles. The molecular formula is C21H24N4O2. The summed E-state index contributed by atoms with van der Waals surface area (Å²) < 4.78 is 0. The predicted octanol–water partition coefficient (Wildman–Crippen LogP) is 2.90. The van der Waals surface area contributed by atoms with E-state index in [0.29, 0.717) is 6.54 Å². The van der Waals surface area contributed by atoms with Crippen molar-refractivity contribution in [2.45, 2.75) is 12.8 Å². The van der Waals surface area contributed by atoms with Gasteiger partial charge in [0, 0.05) is 31.8 Å². The van der Waals surface area contributed by atoms with Crippen molar-refractivity contribution in [2.75, 3.05) is 30.8 Å². The van der Waals surface area contributed by atoms with Gasteiger partial charge in [0.1, 0.15) is 18.4 Å². The number of nitrogens with zero attached hydrogens (tertiary/aromatic N) is 3. The standard InChI is InChI=1S/C20H20N4O.CH4O/c21-16-6-1-5-15(10-16)17-7-2-8-18-19(17)20(23-13-22-18)24-9-3-4-14(11-24)12-25;1-2/h1-2,5-8,10,12-14H,3-4,9,11,21H2;2H,1H3. The van der Waals surface area contributed by atoms with Gasteiger partial charge in [-0.05, 0) is 42.2 Å². The zero-order chi connectivity index (χ0) is 19.2. The van der Waals surface area contributed by atoms with Crippen LogP contribution in [-0.2, 0) is 4.79 Å². The first kappa shape index (κ1) is 18.8. The van der Waals surface area contributed by atoms with E-state index in [0.717, 1.165) is 66.3 Å². The zero-order valence-electron chi connectivity index (χ0n) is 15.4. The van der Waals surface area contributed by atoms with Gasteiger partial charge < -0.3 is 20.5 Å². The number of aliphatic hydroxyl groups excluding tert-OH is 1. The summed E-state index contributed by atoms with van der Waals surface area (Å²) in [5, 5.41) is 8.02. The van der Waals surface area contributed by atoms with E-state index in [4.69, 9.17) is 10.8 Å². The lowest BCUT2D eigenvalue weighted by Crippen LogP contribution is -2.36. The Kier molecular flexibility index (Phi) is 5.98. The van der Waals surface area contributed by atoms with E-state index in [1.807, 2.05) is 36.4 Å². The van der Waals surface area contributed by atoms with Gasteiger partial charge in [0.05, 0.1) is 10.9 Å². The zero-order valence-corrected chi connectivity index (χ0v) is 15.4. The first-order chi connectivity index (χ1) is 13.3. The Bertz CT molecular complexity index is 924. The van der Waals surface area contributed by atoms with Crippen LogP contribution in [0.4, 0.5) is 11.5 Å². The van der Waals surface area contributed by atoms with Crippen molar-refractivity contribution < 1.29 is 9.90 Å². The van der Waals surface area contributed by atoms with Crippen LogP contribution >= 0.6 is 0 Å². The molecule has 0 spiro atoms. The summed E-state index contributed by atoms with van der Waals surface area (Å²) in [6.07, 6.45) is 4.61. The molecule has 1 unspecified atom stereocenters. The van der Waals surface area contributed by atoms with Crippen LogP contribution in [0.3, 0.4) is 0 Å². The fourth-order valence-electron chi connectivity index (χ4n) is 3.59. The SMILES string of the molecule is CO.Nc1cccc(-c2cccc3ncnc(N4CCCC(C=O)C4)c23)c1. The molecule has 1 aromatic heterocycles. The highest BCUT2D eigenvalue weighted by molar-refractivity contribution is 6.02. The van der Waals surface area contributed by atoms with Crippen LogP contribution in [0.15, 0.2) is 48.8 Å². The molecule has 0 radical (unpaired) electrons. The largest absolute Gasteiger partial charge is 0.400 e. The molecule has 6 heteroatoms. The van der Waals surface area contributed by atoms with Crippen molar-refractivity contribution in [3.05, 3.63) is 48.8 Å². The molecule has 2 aromatic carbocycles. The van der Waals surface area contributed by atoms with Gasteiger partial charge in [0.2, 0.25) is 0 Å². The van der Waals surface area contributed by atoms with E-state index in [2.05, 4.69) is 20.9 Å². The van der Waals surface area contributed by atoms with Gasteiger partial charge >= 0.3 is 0 Å². The molecule has 1 fully saturated rings. The molecule has 1 aliphatic rings. The molecule has 0 amide bonds. The summed E-state index contributed by atoms with van der Waals surface area (Å²) in [6, 6.07) is 13.9. The maximum Gasteiger partial charge on any atom is 0.140 e. The van der Waals surface area contributed by atoms with Crippen molar-refractivity contribution in [3.8, 4) is 11.1 Å². The van der Waals surface area contributed by atoms with E-state index in [1.165, 1.54) is 0 Å². The number of carbonyl (C=O) groups excluding carboxylic acids is 1. The minimum atomic E-state index is 0.0679. The third-order valence-corrected chi connectivity index (χ3v) is 4.79. The van der Waals surface area contributed by atoms with Crippen LogP contribution in [-0.4, -0.2) is 41.6 Å². The quantitative estimate of drug-likeness (QED) is 0.548. The Morgan fingerprint density at radius 3 is 2.78 bits per heavy atom. The summed E-state index contributed by atoms with van der Waals surface area (Å²) in [5.41, 5.74) is 9.72. The number of aldehydes is 1. The highest BCUT2D eigenvalue weighted by atomic mass is 16.2. The second-order valence-electron chi connectivity index (χ2n) is 6.51. The Morgan fingerprint density at radius 2 is 2.00 bits per heavy atom.